The van der Waals surface area contributed by atoms with E-state index in [0.29, 0.717) is 103 Å². The number of ether oxygens (including phenoxy) is 6. The van der Waals surface area contributed by atoms with Gasteiger partial charge in [0, 0.05) is 41.2 Å². The number of rotatable bonds is 35. The number of nitrogens with one attached hydrogen (secondary N) is 2. The Bertz CT molecular complexity index is 1680. The predicted octanol–water partition coefficient (Wildman–Crippen LogP) is 14.7. The van der Waals surface area contributed by atoms with Gasteiger partial charge in [-0.2, -0.15) is 15.0 Å². The SMILES string of the molecule is CCCCCOc1cc(Nc2nc(Nc3cc(OCCCCC)c(OCCCCC)c(OCCCCC)c3)nc(-c3ccc(C)cc3)n2)cc(OCCCCC)c1OCCCCC. The molecule has 0 atom stereocenters. The zero-order chi connectivity index (χ0) is 44.9. The van der Waals surface area contributed by atoms with Crippen molar-refractivity contribution in [2.45, 2.75) is 164 Å². The average molecular weight is 870 g/mol. The van der Waals surface area contributed by atoms with Gasteiger partial charge >= 0.3 is 0 Å². The predicted molar refractivity (Wildman–Crippen MR) is 260 cm³/mol. The van der Waals surface area contributed by atoms with Gasteiger partial charge in [0.1, 0.15) is 0 Å². The van der Waals surface area contributed by atoms with Crippen LogP contribution in [0.4, 0.5) is 23.3 Å². The summed E-state index contributed by atoms with van der Waals surface area (Å²) in [5, 5.41) is 6.99. The van der Waals surface area contributed by atoms with Crippen LogP contribution in [-0.4, -0.2) is 54.6 Å². The van der Waals surface area contributed by atoms with Gasteiger partial charge in [0.2, 0.25) is 23.4 Å². The zero-order valence-electron chi connectivity index (χ0n) is 39.9. The van der Waals surface area contributed by atoms with Crippen LogP contribution in [0.25, 0.3) is 11.4 Å². The molecule has 3 aromatic carbocycles. The summed E-state index contributed by atoms with van der Waals surface area (Å²) in [6, 6.07) is 16.0. The van der Waals surface area contributed by atoms with Crippen LogP contribution in [0.3, 0.4) is 0 Å². The maximum Gasteiger partial charge on any atom is 0.232 e. The van der Waals surface area contributed by atoms with E-state index in [1.807, 2.05) is 36.4 Å². The molecule has 11 nitrogen and oxygen atoms in total. The van der Waals surface area contributed by atoms with E-state index in [-0.39, 0.29) is 0 Å². The van der Waals surface area contributed by atoms with Crippen LogP contribution in [0.15, 0.2) is 48.5 Å². The quantitative estimate of drug-likeness (QED) is 0.0430. The number of unbranched alkanes of at least 4 members (excludes halogenated alkanes) is 12. The second-order valence-corrected chi connectivity index (χ2v) is 16.4. The molecule has 0 aliphatic heterocycles. The van der Waals surface area contributed by atoms with Crippen LogP contribution in [0.1, 0.15) is 163 Å². The standard InChI is InChI=1S/C52H79N5O6/c1-8-14-20-30-58-44-36-42(37-45(59-31-21-15-9-2)48(44)62-34-24-18-12-5)53-51-55-50(41-28-26-40(7)27-29-41)56-52(57-51)54-43-38-46(60-32-22-16-10-3)49(63-35-25-19-13-6)47(39-43)61-33-23-17-11-4/h26-29,36-39H,8-25,30-35H2,1-7H3,(H2,53,54,55,56,57). The van der Waals surface area contributed by atoms with Gasteiger partial charge in [0.15, 0.2) is 28.8 Å². The minimum atomic E-state index is 0.358. The summed E-state index contributed by atoms with van der Waals surface area (Å²) < 4.78 is 38.7. The molecule has 0 radical (unpaired) electrons. The second kappa shape index (κ2) is 30.2. The highest BCUT2D eigenvalue weighted by atomic mass is 16.5. The number of benzene rings is 3. The van der Waals surface area contributed by atoms with Crippen LogP contribution in [0, 0.1) is 6.92 Å². The summed E-state index contributed by atoms with van der Waals surface area (Å²) in [6.45, 7) is 18.7. The van der Waals surface area contributed by atoms with Crippen LogP contribution in [-0.2, 0) is 0 Å². The highest BCUT2D eigenvalue weighted by molar-refractivity contribution is 5.70. The summed E-state index contributed by atoms with van der Waals surface area (Å²) in [5.74, 6) is 5.06. The number of anilines is 4. The molecule has 0 saturated heterocycles. The number of hydrogen-bond acceptors (Lipinski definition) is 11. The third kappa shape index (κ3) is 18.4. The Morgan fingerprint density at radius 1 is 0.381 bits per heavy atom. The van der Waals surface area contributed by atoms with Crippen molar-refractivity contribution in [3.63, 3.8) is 0 Å². The Hall–Kier alpha value is -4.93. The van der Waals surface area contributed by atoms with Gasteiger partial charge in [-0.15, -0.1) is 0 Å². The molecule has 0 aliphatic rings. The van der Waals surface area contributed by atoms with Crippen molar-refractivity contribution in [1.29, 1.82) is 0 Å². The van der Waals surface area contributed by atoms with Crippen molar-refractivity contribution in [3.8, 4) is 45.9 Å². The van der Waals surface area contributed by atoms with E-state index >= 15 is 0 Å². The van der Waals surface area contributed by atoms with Gasteiger partial charge in [0.25, 0.3) is 0 Å². The van der Waals surface area contributed by atoms with Crippen LogP contribution >= 0.6 is 0 Å². The van der Waals surface area contributed by atoms with Gasteiger partial charge in [-0.05, 0) is 45.4 Å². The molecule has 1 heterocycles. The molecule has 0 amide bonds. The Morgan fingerprint density at radius 2 is 0.683 bits per heavy atom. The topological polar surface area (TPSA) is 118 Å². The van der Waals surface area contributed by atoms with E-state index in [9.17, 15) is 0 Å². The number of aromatic nitrogens is 3. The molecule has 0 spiro atoms. The van der Waals surface area contributed by atoms with E-state index in [1.165, 1.54) is 0 Å². The molecule has 348 valence electrons. The van der Waals surface area contributed by atoms with Crippen molar-refractivity contribution in [3.05, 3.63) is 54.1 Å². The van der Waals surface area contributed by atoms with Crippen molar-refractivity contribution >= 4 is 23.3 Å². The molecule has 0 fully saturated rings. The van der Waals surface area contributed by atoms with Crippen LogP contribution < -0.4 is 39.1 Å². The van der Waals surface area contributed by atoms with E-state index in [4.69, 9.17) is 43.4 Å². The molecule has 2 N–H and O–H groups in total. The normalized spacial score (nSPS) is 11.0. The second-order valence-electron chi connectivity index (χ2n) is 16.4. The fraction of sp³-hybridized carbons (Fsp3) is 0.596. The molecular weight excluding hydrogens is 791 g/mol. The lowest BCUT2D eigenvalue weighted by molar-refractivity contribution is 0.235. The fourth-order valence-electron chi connectivity index (χ4n) is 6.78. The van der Waals surface area contributed by atoms with Crippen molar-refractivity contribution < 1.29 is 28.4 Å². The highest BCUT2D eigenvalue weighted by Crippen LogP contribution is 2.43. The van der Waals surface area contributed by atoms with Crippen molar-refractivity contribution in [1.82, 2.24) is 15.0 Å². The first-order valence-corrected chi connectivity index (χ1v) is 24.4. The lowest BCUT2D eigenvalue weighted by Gasteiger charge is -2.20. The molecule has 0 saturated carbocycles. The summed E-state index contributed by atoms with van der Waals surface area (Å²) in [5.41, 5.74) is 3.44. The molecule has 0 unspecified atom stereocenters. The largest absolute Gasteiger partial charge is 0.489 e. The Morgan fingerprint density at radius 3 is 0.984 bits per heavy atom. The average Bonchev–Trinajstić information content (AvgIpc) is 3.28. The van der Waals surface area contributed by atoms with Crippen LogP contribution in [0.2, 0.25) is 0 Å². The summed E-state index contributed by atoms with van der Waals surface area (Å²) in [6.07, 6.45) is 18.9. The Labute approximate surface area is 379 Å². The molecule has 11 heteroatoms. The van der Waals surface area contributed by atoms with E-state index in [0.717, 1.165) is 127 Å². The number of aryl methyl sites for hydroxylation is 1. The lowest BCUT2D eigenvalue weighted by atomic mass is 10.1. The molecule has 0 bridgehead atoms. The Balaban J connectivity index is 1.79. The van der Waals surface area contributed by atoms with Crippen molar-refractivity contribution in [2.75, 3.05) is 50.3 Å². The number of hydrogen-bond donors (Lipinski definition) is 2. The first-order valence-electron chi connectivity index (χ1n) is 24.4. The van der Waals surface area contributed by atoms with E-state index < -0.39 is 0 Å². The molecule has 0 aliphatic carbocycles. The summed E-state index contributed by atoms with van der Waals surface area (Å²) in [7, 11) is 0. The number of nitrogens with zero attached hydrogens (tertiary/aromatic N) is 3. The zero-order valence-corrected chi connectivity index (χ0v) is 39.9. The minimum Gasteiger partial charge on any atom is -0.489 e. The Kier molecular flexibility index (Phi) is 24.3. The summed E-state index contributed by atoms with van der Waals surface area (Å²) in [4.78, 5) is 14.9. The maximum atomic E-state index is 6.46. The van der Waals surface area contributed by atoms with Gasteiger partial charge in [0.05, 0.1) is 39.6 Å². The highest BCUT2D eigenvalue weighted by Gasteiger charge is 2.20. The third-order valence-electron chi connectivity index (χ3n) is 10.5. The van der Waals surface area contributed by atoms with E-state index in [1.54, 1.807) is 0 Å². The first kappa shape index (κ1) is 50.7. The molecule has 4 aromatic rings. The summed E-state index contributed by atoms with van der Waals surface area (Å²) >= 11 is 0. The smallest absolute Gasteiger partial charge is 0.232 e. The van der Waals surface area contributed by atoms with Crippen LogP contribution in [0.5, 0.6) is 34.5 Å². The molecule has 4 rings (SSSR count). The monoisotopic (exact) mass is 870 g/mol. The molecular formula is C52H79N5O6. The van der Waals surface area contributed by atoms with Gasteiger partial charge in [-0.3, -0.25) is 0 Å². The van der Waals surface area contributed by atoms with Gasteiger partial charge < -0.3 is 39.1 Å². The maximum absolute atomic E-state index is 6.46. The minimum absolute atomic E-state index is 0.358. The molecule has 1 aromatic heterocycles. The lowest BCUT2D eigenvalue weighted by Crippen LogP contribution is -2.09. The van der Waals surface area contributed by atoms with Crippen molar-refractivity contribution in [2.24, 2.45) is 0 Å². The van der Waals surface area contributed by atoms with E-state index in [2.05, 4.69) is 71.2 Å². The fourth-order valence-corrected chi connectivity index (χ4v) is 6.78. The first-order chi connectivity index (χ1) is 30.9. The third-order valence-corrected chi connectivity index (χ3v) is 10.5. The van der Waals surface area contributed by atoms with Gasteiger partial charge in [-0.25, -0.2) is 0 Å². The van der Waals surface area contributed by atoms with Gasteiger partial charge in [-0.1, -0.05) is 148 Å². The molecule has 63 heavy (non-hydrogen) atoms.